The van der Waals surface area contributed by atoms with E-state index in [1.165, 1.54) is 5.56 Å². The summed E-state index contributed by atoms with van der Waals surface area (Å²) in [5.41, 5.74) is 1.09. The van der Waals surface area contributed by atoms with Gasteiger partial charge in [0.25, 0.3) is 0 Å². The van der Waals surface area contributed by atoms with Crippen LogP contribution < -0.4 is 4.74 Å². The Kier molecular flexibility index (Phi) is 6.35. The van der Waals surface area contributed by atoms with E-state index >= 15 is 0 Å². The van der Waals surface area contributed by atoms with E-state index in [2.05, 4.69) is 37.3 Å². The Morgan fingerprint density at radius 1 is 1.19 bits per heavy atom. The predicted molar refractivity (Wildman–Crippen MR) is 103 cm³/mol. The Bertz CT molecular complexity index is 635. The monoisotopic (exact) mass is 353 g/mol. The van der Waals surface area contributed by atoms with Crippen LogP contribution in [-0.4, -0.2) is 12.4 Å². The first-order valence-electron chi connectivity index (χ1n) is 10.3. The van der Waals surface area contributed by atoms with Crippen LogP contribution in [0.5, 0.6) is 5.75 Å². The van der Waals surface area contributed by atoms with E-state index in [0.717, 1.165) is 63.7 Å². The molecular weight excluding hydrogens is 322 g/mol. The van der Waals surface area contributed by atoms with Gasteiger partial charge in [0.2, 0.25) is 0 Å². The van der Waals surface area contributed by atoms with Gasteiger partial charge in [-0.15, -0.1) is 0 Å². The highest BCUT2D eigenvalue weighted by Gasteiger charge is 2.43. The molecule has 1 aromatic carbocycles. The van der Waals surface area contributed by atoms with Gasteiger partial charge in [0.05, 0.1) is 18.1 Å². The number of benzene rings is 1. The largest absolute Gasteiger partial charge is 0.494 e. The van der Waals surface area contributed by atoms with E-state index in [1.54, 1.807) is 0 Å². The van der Waals surface area contributed by atoms with Crippen LogP contribution in [0.25, 0.3) is 0 Å². The average molecular weight is 354 g/mol. The molecule has 2 saturated carbocycles. The van der Waals surface area contributed by atoms with Crippen molar-refractivity contribution < 1.29 is 9.53 Å². The first kappa shape index (κ1) is 19.0. The fourth-order valence-corrected chi connectivity index (χ4v) is 4.74. The van der Waals surface area contributed by atoms with Gasteiger partial charge in [-0.3, -0.25) is 4.79 Å². The van der Waals surface area contributed by atoms with Gasteiger partial charge in [-0.05, 0) is 74.5 Å². The highest BCUT2D eigenvalue weighted by Crippen LogP contribution is 2.50. The number of rotatable bonds is 6. The molecule has 0 heterocycles. The topological polar surface area (TPSA) is 50.1 Å². The average Bonchev–Trinajstić information content (AvgIpc) is 2.69. The van der Waals surface area contributed by atoms with Gasteiger partial charge in [0.15, 0.2) is 0 Å². The molecule has 140 valence electrons. The molecule has 0 N–H and O–H groups in total. The Morgan fingerprint density at radius 2 is 1.92 bits per heavy atom. The summed E-state index contributed by atoms with van der Waals surface area (Å²) in [6, 6.07) is 11.2. The third-order valence-corrected chi connectivity index (χ3v) is 6.48. The molecule has 0 saturated heterocycles. The molecule has 3 rings (SSSR count). The number of hydrogen-bond donors (Lipinski definition) is 0. The number of ether oxygens (including phenoxy) is 1. The van der Waals surface area contributed by atoms with Crippen molar-refractivity contribution >= 4 is 5.78 Å². The maximum Gasteiger partial charge on any atom is 0.133 e. The highest BCUT2D eigenvalue weighted by molar-refractivity contribution is 5.79. The molecule has 0 bridgehead atoms. The quantitative estimate of drug-likeness (QED) is 0.608. The standard InChI is InChI=1S/C23H31NO2/c1-2-3-15-26-22-9-7-18(8-10-22)19-11-13-23(17-24,14-12-19)20-5-4-6-21(25)16-20/h7-10,19-20H,2-6,11-16H2,1H3/t19-,20-,23+/m1/s1. The summed E-state index contributed by atoms with van der Waals surface area (Å²) in [4.78, 5) is 11.9. The fourth-order valence-electron chi connectivity index (χ4n) is 4.74. The van der Waals surface area contributed by atoms with Crippen LogP contribution in [0.15, 0.2) is 24.3 Å². The number of nitrogens with zero attached hydrogens (tertiary/aromatic N) is 1. The lowest BCUT2D eigenvalue weighted by atomic mass is 9.60. The highest BCUT2D eigenvalue weighted by atomic mass is 16.5. The van der Waals surface area contributed by atoms with Crippen molar-refractivity contribution in [2.75, 3.05) is 6.61 Å². The maximum atomic E-state index is 11.9. The van der Waals surface area contributed by atoms with Crippen LogP contribution in [0, 0.1) is 22.7 Å². The molecule has 0 aliphatic heterocycles. The van der Waals surface area contributed by atoms with Gasteiger partial charge in [-0.25, -0.2) is 0 Å². The zero-order chi connectivity index (χ0) is 18.4. The van der Waals surface area contributed by atoms with E-state index in [4.69, 9.17) is 4.74 Å². The molecule has 0 aromatic heterocycles. The normalized spacial score (nSPS) is 29.2. The minimum Gasteiger partial charge on any atom is -0.494 e. The summed E-state index contributed by atoms with van der Waals surface area (Å²) >= 11 is 0. The summed E-state index contributed by atoms with van der Waals surface area (Å²) in [6.45, 7) is 2.95. The number of carbonyl (C=O) groups is 1. The van der Waals surface area contributed by atoms with Crippen molar-refractivity contribution in [2.24, 2.45) is 11.3 Å². The van der Waals surface area contributed by atoms with Gasteiger partial charge in [-0.1, -0.05) is 25.5 Å². The predicted octanol–water partition coefficient (Wildman–Crippen LogP) is 5.79. The Morgan fingerprint density at radius 3 is 2.54 bits per heavy atom. The zero-order valence-corrected chi connectivity index (χ0v) is 16.0. The van der Waals surface area contributed by atoms with Crippen molar-refractivity contribution in [1.29, 1.82) is 5.26 Å². The molecular formula is C23H31NO2. The first-order valence-corrected chi connectivity index (χ1v) is 10.3. The van der Waals surface area contributed by atoms with E-state index in [9.17, 15) is 10.1 Å². The molecule has 2 aliphatic rings. The SMILES string of the molecule is CCCCOc1ccc([C@H]2CC[C@@](C#N)([C@@H]3CCCC(=O)C3)CC2)cc1. The van der Waals surface area contributed by atoms with Crippen molar-refractivity contribution in [3.63, 3.8) is 0 Å². The summed E-state index contributed by atoms with van der Waals surface area (Å²) in [5.74, 6) is 2.12. The van der Waals surface area contributed by atoms with Crippen LogP contribution >= 0.6 is 0 Å². The third kappa shape index (κ3) is 4.29. The molecule has 3 heteroatoms. The molecule has 0 spiro atoms. The summed E-state index contributed by atoms with van der Waals surface area (Å²) in [6.07, 6.45) is 9.56. The summed E-state index contributed by atoms with van der Waals surface area (Å²) in [7, 11) is 0. The van der Waals surface area contributed by atoms with E-state index in [0.29, 0.717) is 24.5 Å². The first-order chi connectivity index (χ1) is 12.7. The molecule has 3 nitrogen and oxygen atoms in total. The Labute approximate surface area is 157 Å². The van der Waals surface area contributed by atoms with Gasteiger partial charge in [0.1, 0.15) is 11.5 Å². The van der Waals surface area contributed by atoms with Gasteiger partial charge >= 0.3 is 0 Å². The lowest BCUT2D eigenvalue weighted by Gasteiger charge is -2.42. The number of Topliss-reactive ketones (excluding diaryl/α,β-unsaturated/α-hetero) is 1. The lowest BCUT2D eigenvalue weighted by molar-refractivity contribution is -0.123. The second-order valence-corrected chi connectivity index (χ2v) is 8.15. The van der Waals surface area contributed by atoms with Crippen molar-refractivity contribution in [2.45, 2.75) is 77.0 Å². The van der Waals surface area contributed by atoms with Crippen LogP contribution in [0.4, 0.5) is 0 Å². The van der Waals surface area contributed by atoms with Crippen LogP contribution in [0.3, 0.4) is 0 Å². The molecule has 0 unspecified atom stereocenters. The van der Waals surface area contributed by atoms with E-state index in [1.807, 2.05) is 0 Å². The molecule has 0 amide bonds. The van der Waals surface area contributed by atoms with Crippen LogP contribution in [0.2, 0.25) is 0 Å². The van der Waals surface area contributed by atoms with E-state index in [-0.39, 0.29) is 11.3 Å². The fraction of sp³-hybridized carbons (Fsp3) is 0.652. The lowest BCUT2D eigenvalue weighted by Crippen LogP contribution is -2.36. The van der Waals surface area contributed by atoms with Crippen molar-refractivity contribution in [3.05, 3.63) is 29.8 Å². The van der Waals surface area contributed by atoms with Gasteiger partial charge in [-0.2, -0.15) is 5.26 Å². The Hall–Kier alpha value is -1.82. The third-order valence-electron chi connectivity index (χ3n) is 6.48. The second kappa shape index (κ2) is 8.71. The molecule has 1 aromatic rings. The maximum absolute atomic E-state index is 11.9. The smallest absolute Gasteiger partial charge is 0.133 e. The summed E-state index contributed by atoms with van der Waals surface area (Å²) in [5, 5.41) is 9.90. The van der Waals surface area contributed by atoms with Crippen molar-refractivity contribution in [1.82, 2.24) is 0 Å². The number of ketones is 1. The number of unbranched alkanes of at least 4 members (excludes halogenated alkanes) is 1. The molecule has 1 atom stereocenters. The van der Waals surface area contributed by atoms with Crippen LogP contribution in [0.1, 0.15) is 82.6 Å². The minimum absolute atomic E-state index is 0.268. The molecule has 0 radical (unpaired) electrons. The minimum atomic E-state index is -0.268. The molecule has 2 aliphatic carbocycles. The number of nitriles is 1. The molecule has 26 heavy (non-hydrogen) atoms. The number of carbonyl (C=O) groups excluding carboxylic acids is 1. The summed E-state index contributed by atoms with van der Waals surface area (Å²) < 4.78 is 5.75. The van der Waals surface area contributed by atoms with Crippen molar-refractivity contribution in [3.8, 4) is 11.8 Å². The second-order valence-electron chi connectivity index (χ2n) is 8.15. The molecule has 2 fully saturated rings. The zero-order valence-electron chi connectivity index (χ0n) is 16.0. The van der Waals surface area contributed by atoms with Gasteiger partial charge in [0, 0.05) is 12.8 Å². The van der Waals surface area contributed by atoms with Gasteiger partial charge < -0.3 is 4.74 Å². The Balaban J connectivity index is 1.58. The number of hydrogen-bond acceptors (Lipinski definition) is 3. The van der Waals surface area contributed by atoms with E-state index < -0.39 is 0 Å². The van der Waals surface area contributed by atoms with Crippen LogP contribution in [-0.2, 0) is 4.79 Å².